The van der Waals surface area contributed by atoms with Crippen LogP contribution in [0.25, 0.3) is 17.1 Å². The van der Waals surface area contributed by atoms with Crippen LogP contribution in [-0.2, 0) is 6.18 Å². The summed E-state index contributed by atoms with van der Waals surface area (Å²) in [6, 6.07) is 6.41. The number of hydrogen-bond donors (Lipinski definition) is 0. The highest BCUT2D eigenvalue weighted by Gasteiger charge is 2.32. The van der Waals surface area contributed by atoms with Crippen LogP contribution >= 0.6 is 0 Å². The molecule has 9 heteroatoms. The number of piperazine rings is 1. The molecule has 2 saturated heterocycles. The third kappa shape index (κ3) is 5.89. The Bertz CT molecular complexity index is 968. The van der Waals surface area contributed by atoms with E-state index in [1.807, 2.05) is 0 Å². The van der Waals surface area contributed by atoms with Crippen molar-refractivity contribution in [3.63, 3.8) is 0 Å². The number of anilines is 1. The van der Waals surface area contributed by atoms with Gasteiger partial charge in [0.15, 0.2) is 5.82 Å². The highest BCUT2D eigenvalue weighted by molar-refractivity contribution is 5.68. The maximum atomic E-state index is 13.6. The van der Waals surface area contributed by atoms with E-state index in [-0.39, 0.29) is 16.8 Å². The van der Waals surface area contributed by atoms with E-state index in [1.165, 1.54) is 25.5 Å². The van der Waals surface area contributed by atoms with E-state index in [4.69, 9.17) is 0 Å². The molecule has 1 aromatic carbocycles. The predicted octanol–water partition coefficient (Wildman–Crippen LogP) is 4.57. The molecular formula is C24H29F4N5. The number of aromatic nitrogens is 2. The molecule has 0 aliphatic carbocycles. The van der Waals surface area contributed by atoms with E-state index in [2.05, 4.69) is 38.5 Å². The van der Waals surface area contributed by atoms with Crippen molar-refractivity contribution in [1.82, 2.24) is 20.0 Å². The number of rotatable bonds is 5. The first-order valence-electron chi connectivity index (χ1n) is 11.3. The summed E-state index contributed by atoms with van der Waals surface area (Å²) in [7, 11) is 2.18. The van der Waals surface area contributed by atoms with Crippen LogP contribution in [0.15, 0.2) is 36.9 Å². The Hall–Kier alpha value is -2.52. The molecule has 0 N–H and O–H groups in total. The van der Waals surface area contributed by atoms with Gasteiger partial charge in [0.25, 0.3) is 0 Å². The Kier molecular flexibility index (Phi) is 6.99. The second-order valence-electron chi connectivity index (χ2n) is 9.04. The van der Waals surface area contributed by atoms with Crippen molar-refractivity contribution in [3.8, 4) is 11.3 Å². The minimum atomic E-state index is -4.60. The molecule has 0 saturated carbocycles. The quantitative estimate of drug-likeness (QED) is 0.608. The van der Waals surface area contributed by atoms with Crippen molar-refractivity contribution >= 4 is 11.6 Å². The van der Waals surface area contributed by atoms with Gasteiger partial charge < -0.3 is 9.80 Å². The summed E-state index contributed by atoms with van der Waals surface area (Å²) < 4.78 is 53.3. The molecule has 0 spiro atoms. The predicted molar refractivity (Wildman–Crippen MR) is 121 cm³/mol. The molecule has 2 aliphatic rings. The molecular weight excluding hydrogens is 434 g/mol. The van der Waals surface area contributed by atoms with Gasteiger partial charge in [0.1, 0.15) is 5.83 Å². The van der Waals surface area contributed by atoms with Crippen LogP contribution in [0.5, 0.6) is 0 Å². The zero-order valence-corrected chi connectivity index (χ0v) is 18.8. The number of piperidine rings is 1. The van der Waals surface area contributed by atoms with Gasteiger partial charge in [-0.3, -0.25) is 4.90 Å². The van der Waals surface area contributed by atoms with E-state index in [0.717, 1.165) is 51.4 Å². The summed E-state index contributed by atoms with van der Waals surface area (Å²) in [6.07, 6.45) is -2.05. The first-order chi connectivity index (χ1) is 15.7. The Labute approximate surface area is 191 Å². The zero-order valence-electron chi connectivity index (χ0n) is 18.8. The molecule has 1 atom stereocenters. The lowest BCUT2D eigenvalue weighted by molar-refractivity contribution is -0.137. The second-order valence-corrected chi connectivity index (χ2v) is 9.04. The van der Waals surface area contributed by atoms with Crippen molar-refractivity contribution in [2.45, 2.75) is 19.0 Å². The molecule has 178 valence electrons. The van der Waals surface area contributed by atoms with E-state index in [1.54, 1.807) is 12.1 Å². The number of likely N-dealkylation sites (tertiary alicyclic amines) is 1. The van der Waals surface area contributed by atoms with Crippen LogP contribution in [0.2, 0.25) is 0 Å². The number of alkyl halides is 3. The fourth-order valence-electron chi connectivity index (χ4n) is 4.69. The molecule has 2 aromatic rings. The summed E-state index contributed by atoms with van der Waals surface area (Å²) in [5.74, 6) is 0.481. The van der Waals surface area contributed by atoms with Crippen LogP contribution < -0.4 is 4.90 Å². The van der Waals surface area contributed by atoms with Gasteiger partial charge >= 0.3 is 6.18 Å². The number of halogens is 4. The topological polar surface area (TPSA) is 35.5 Å². The largest absolute Gasteiger partial charge is 0.416 e. The van der Waals surface area contributed by atoms with Gasteiger partial charge in [0.2, 0.25) is 0 Å². The molecule has 0 bridgehead atoms. The van der Waals surface area contributed by atoms with Gasteiger partial charge in [-0.25, -0.2) is 4.39 Å². The van der Waals surface area contributed by atoms with E-state index >= 15 is 0 Å². The molecule has 33 heavy (non-hydrogen) atoms. The first-order valence-corrected chi connectivity index (χ1v) is 11.3. The summed E-state index contributed by atoms with van der Waals surface area (Å²) in [5.41, 5.74) is -0.752. The maximum Gasteiger partial charge on any atom is 0.416 e. The van der Waals surface area contributed by atoms with Gasteiger partial charge in [-0.15, -0.1) is 10.2 Å². The minimum Gasteiger partial charge on any atom is -0.353 e. The SMILES string of the molecule is C=C(F)c1cc(-c2ccc(N3CCN(CC4CCCN(C)C4)CC3)nn2)cc(C(F)(F)F)c1. The van der Waals surface area contributed by atoms with Crippen LogP contribution in [-0.4, -0.2) is 72.9 Å². The van der Waals surface area contributed by atoms with Crippen LogP contribution in [0.4, 0.5) is 23.4 Å². The Morgan fingerprint density at radius 3 is 2.42 bits per heavy atom. The molecule has 1 aromatic heterocycles. The molecule has 2 aliphatic heterocycles. The summed E-state index contributed by atoms with van der Waals surface area (Å²) in [5, 5.41) is 8.39. The maximum absolute atomic E-state index is 13.6. The van der Waals surface area contributed by atoms with Crippen molar-refractivity contribution in [2.24, 2.45) is 5.92 Å². The van der Waals surface area contributed by atoms with Gasteiger partial charge in [-0.1, -0.05) is 6.58 Å². The number of nitrogens with zero attached hydrogens (tertiary/aromatic N) is 5. The van der Waals surface area contributed by atoms with Crippen LogP contribution in [0.1, 0.15) is 24.0 Å². The van der Waals surface area contributed by atoms with Crippen molar-refractivity contribution in [1.29, 1.82) is 0 Å². The van der Waals surface area contributed by atoms with Crippen molar-refractivity contribution in [2.75, 3.05) is 57.8 Å². The lowest BCUT2D eigenvalue weighted by Gasteiger charge is -2.38. The zero-order chi connectivity index (χ0) is 23.6. The fourth-order valence-corrected chi connectivity index (χ4v) is 4.69. The number of benzene rings is 1. The van der Waals surface area contributed by atoms with Gasteiger partial charge in [0, 0.05) is 50.4 Å². The van der Waals surface area contributed by atoms with Gasteiger partial charge in [-0.2, -0.15) is 13.2 Å². The molecule has 5 nitrogen and oxygen atoms in total. The summed E-state index contributed by atoms with van der Waals surface area (Å²) in [4.78, 5) is 7.04. The van der Waals surface area contributed by atoms with Crippen molar-refractivity contribution < 1.29 is 17.6 Å². The van der Waals surface area contributed by atoms with E-state index in [0.29, 0.717) is 11.7 Å². The highest BCUT2D eigenvalue weighted by atomic mass is 19.4. The van der Waals surface area contributed by atoms with Crippen LogP contribution in [0, 0.1) is 5.92 Å². The number of hydrogen-bond acceptors (Lipinski definition) is 5. The normalized spacial score (nSPS) is 20.8. The lowest BCUT2D eigenvalue weighted by atomic mass is 9.97. The first kappa shape index (κ1) is 23.6. The average Bonchev–Trinajstić information content (AvgIpc) is 2.79. The average molecular weight is 464 g/mol. The standard InChI is InChI=1S/C24H29F4N5/c1-17(25)19-12-20(14-21(13-19)24(26,27)28)22-5-6-23(30-29-22)33-10-8-32(9-11-33)16-18-4-3-7-31(2)15-18/h5-6,12-14,18H,1,3-4,7-11,15-16H2,2H3. The Balaban J connectivity index is 1.41. The third-order valence-corrected chi connectivity index (χ3v) is 6.45. The van der Waals surface area contributed by atoms with E-state index < -0.39 is 17.6 Å². The summed E-state index contributed by atoms with van der Waals surface area (Å²) >= 11 is 0. The van der Waals surface area contributed by atoms with Crippen molar-refractivity contribution in [3.05, 3.63) is 48.0 Å². The molecule has 0 radical (unpaired) electrons. The highest BCUT2D eigenvalue weighted by Crippen LogP contribution is 2.34. The minimum absolute atomic E-state index is 0.153. The smallest absolute Gasteiger partial charge is 0.353 e. The summed E-state index contributed by atoms with van der Waals surface area (Å²) in [6.45, 7) is 10.1. The monoisotopic (exact) mass is 463 g/mol. The lowest BCUT2D eigenvalue weighted by Crippen LogP contribution is -2.49. The molecule has 3 heterocycles. The fraction of sp³-hybridized carbons (Fsp3) is 0.500. The Morgan fingerprint density at radius 2 is 1.82 bits per heavy atom. The van der Waals surface area contributed by atoms with Gasteiger partial charge in [-0.05, 0) is 62.7 Å². The Morgan fingerprint density at radius 1 is 1.06 bits per heavy atom. The van der Waals surface area contributed by atoms with Gasteiger partial charge in [0.05, 0.1) is 11.3 Å². The molecule has 1 unspecified atom stereocenters. The van der Waals surface area contributed by atoms with E-state index in [9.17, 15) is 17.6 Å². The second kappa shape index (κ2) is 9.77. The molecule has 4 rings (SSSR count). The molecule has 2 fully saturated rings. The third-order valence-electron chi connectivity index (χ3n) is 6.45. The van der Waals surface area contributed by atoms with Crippen LogP contribution in [0.3, 0.4) is 0 Å². The molecule has 0 amide bonds.